The summed E-state index contributed by atoms with van der Waals surface area (Å²) < 4.78 is 31.9. The molecule has 23 heavy (non-hydrogen) atoms. The summed E-state index contributed by atoms with van der Waals surface area (Å²) >= 11 is 0. The Labute approximate surface area is 137 Å². The molecule has 0 aliphatic heterocycles. The molecule has 0 aliphatic carbocycles. The molecule has 0 N–H and O–H groups in total. The van der Waals surface area contributed by atoms with Gasteiger partial charge in [0.2, 0.25) is 0 Å². The van der Waals surface area contributed by atoms with Crippen molar-refractivity contribution in [2.75, 3.05) is 6.61 Å². The lowest BCUT2D eigenvalue weighted by atomic mass is 10.0. The Bertz CT molecular complexity index is 461. The fourth-order valence-electron chi connectivity index (χ4n) is 2.63. The van der Waals surface area contributed by atoms with E-state index in [1.165, 1.54) is 4.68 Å². The van der Waals surface area contributed by atoms with E-state index in [9.17, 15) is 13.6 Å². The lowest BCUT2D eigenvalue weighted by Crippen LogP contribution is -2.03. The SMILES string of the molecule is CCOC(=O)CCCCCCCCCc1cn(C)nc1C(F)F. The van der Waals surface area contributed by atoms with Crippen molar-refractivity contribution in [3.8, 4) is 0 Å². The molecule has 0 radical (unpaired) electrons. The third-order valence-electron chi connectivity index (χ3n) is 3.78. The van der Waals surface area contributed by atoms with Gasteiger partial charge in [-0.15, -0.1) is 0 Å². The second-order valence-electron chi connectivity index (χ2n) is 5.79. The molecule has 0 unspecified atom stereocenters. The number of aryl methyl sites for hydroxylation is 2. The molecule has 6 heteroatoms. The van der Waals surface area contributed by atoms with Gasteiger partial charge in [0.05, 0.1) is 6.61 Å². The van der Waals surface area contributed by atoms with E-state index in [0.717, 1.165) is 44.9 Å². The summed E-state index contributed by atoms with van der Waals surface area (Å²) in [6.45, 7) is 2.26. The minimum atomic E-state index is -2.49. The number of aromatic nitrogens is 2. The van der Waals surface area contributed by atoms with Crippen LogP contribution in [0.5, 0.6) is 0 Å². The van der Waals surface area contributed by atoms with Crippen molar-refractivity contribution >= 4 is 5.97 Å². The lowest BCUT2D eigenvalue weighted by Gasteiger charge is -2.03. The van der Waals surface area contributed by atoms with E-state index in [1.54, 1.807) is 13.2 Å². The van der Waals surface area contributed by atoms with Gasteiger partial charge < -0.3 is 4.74 Å². The molecule has 0 bridgehead atoms. The Morgan fingerprint density at radius 3 is 2.39 bits per heavy atom. The number of hydrogen-bond acceptors (Lipinski definition) is 3. The number of nitrogens with zero attached hydrogens (tertiary/aromatic N) is 2. The van der Waals surface area contributed by atoms with Gasteiger partial charge in [-0.2, -0.15) is 5.10 Å². The van der Waals surface area contributed by atoms with Gasteiger partial charge in [0.15, 0.2) is 0 Å². The monoisotopic (exact) mass is 330 g/mol. The van der Waals surface area contributed by atoms with Gasteiger partial charge in [-0.25, -0.2) is 8.78 Å². The van der Waals surface area contributed by atoms with Gasteiger partial charge >= 0.3 is 5.97 Å². The maximum Gasteiger partial charge on any atom is 0.305 e. The van der Waals surface area contributed by atoms with Crippen LogP contribution in [0, 0.1) is 0 Å². The van der Waals surface area contributed by atoms with Crippen LogP contribution in [-0.2, 0) is 23.0 Å². The molecule has 0 saturated heterocycles. The van der Waals surface area contributed by atoms with Crippen molar-refractivity contribution in [2.24, 2.45) is 7.05 Å². The van der Waals surface area contributed by atoms with Crippen LogP contribution in [0.4, 0.5) is 8.78 Å². The molecule has 1 heterocycles. The van der Waals surface area contributed by atoms with E-state index in [0.29, 0.717) is 25.0 Å². The quantitative estimate of drug-likeness (QED) is 0.416. The number of rotatable bonds is 12. The van der Waals surface area contributed by atoms with Gasteiger partial charge in [0, 0.05) is 19.7 Å². The second kappa shape index (κ2) is 11.1. The third-order valence-corrected chi connectivity index (χ3v) is 3.78. The smallest absolute Gasteiger partial charge is 0.305 e. The highest BCUT2D eigenvalue weighted by molar-refractivity contribution is 5.69. The van der Waals surface area contributed by atoms with Crippen LogP contribution < -0.4 is 0 Å². The minimum absolute atomic E-state index is 0.0773. The van der Waals surface area contributed by atoms with Crippen LogP contribution in [0.25, 0.3) is 0 Å². The largest absolute Gasteiger partial charge is 0.466 e. The fraction of sp³-hybridized carbons (Fsp3) is 0.765. The highest BCUT2D eigenvalue weighted by Gasteiger charge is 2.16. The van der Waals surface area contributed by atoms with Crippen LogP contribution in [-0.4, -0.2) is 22.4 Å². The predicted octanol–water partition coefficient (Wildman–Crippen LogP) is 4.58. The first-order chi connectivity index (χ1) is 11.0. The molecule has 0 atom stereocenters. The Morgan fingerprint density at radius 1 is 1.17 bits per heavy atom. The van der Waals surface area contributed by atoms with Crippen molar-refractivity contribution in [1.29, 1.82) is 0 Å². The van der Waals surface area contributed by atoms with Crippen LogP contribution in [0.2, 0.25) is 0 Å². The molecule has 1 rings (SSSR count). The first kappa shape index (κ1) is 19.6. The topological polar surface area (TPSA) is 44.1 Å². The molecular weight excluding hydrogens is 302 g/mol. The first-order valence-corrected chi connectivity index (χ1v) is 8.50. The molecular formula is C17H28F2N2O2. The van der Waals surface area contributed by atoms with Gasteiger partial charge in [-0.3, -0.25) is 9.48 Å². The molecule has 4 nitrogen and oxygen atoms in total. The van der Waals surface area contributed by atoms with Gasteiger partial charge in [-0.05, 0) is 31.7 Å². The Morgan fingerprint density at radius 2 is 1.78 bits per heavy atom. The van der Waals surface area contributed by atoms with Crippen molar-refractivity contribution in [2.45, 2.75) is 71.1 Å². The molecule has 0 aliphatic rings. The summed E-state index contributed by atoms with van der Waals surface area (Å²) in [5.41, 5.74) is 0.586. The number of halogens is 2. The van der Waals surface area contributed by atoms with Gasteiger partial charge in [-0.1, -0.05) is 32.1 Å². The molecule has 0 amide bonds. The van der Waals surface area contributed by atoms with Gasteiger partial charge in [0.25, 0.3) is 6.43 Å². The zero-order valence-corrected chi connectivity index (χ0v) is 14.2. The van der Waals surface area contributed by atoms with Crippen molar-refractivity contribution in [3.63, 3.8) is 0 Å². The molecule has 0 saturated carbocycles. The number of ether oxygens (including phenoxy) is 1. The lowest BCUT2D eigenvalue weighted by molar-refractivity contribution is -0.143. The average molecular weight is 330 g/mol. The molecule has 0 aromatic carbocycles. The van der Waals surface area contributed by atoms with Crippen LogP contribution in [0.15, 0.2) is 6.20 Å². The zero-order chi connectivity index (χ0) is 17.1. The molecule has 0 spiro atoms. The zero-order valence-electron chi connectivity index (χ0n) is 14.2. The van der Waals surface area contributed by atoms with E-state index < -0.39 is 6.43 Å². The Hall–Kier alpha value is -1.46. The number of hydrogen-bond donors (Lipinski definition) is 0. The average Bonchev–Trinajstić information content (AvgIpc) is 2.87. The number of unbranched alkanes of at least 4 members (excludes halogenated alkanes) is 6. The van der Waals surface area contributed by atoms with Crippen molar-refractivity contribution in [3.05, 3.63) is 17.5 Å². The van der Waals surface area contributed by atoms with E-state index >= 15 is 0 Å². The molecule has 1 aromatic heterocycles. The first-order valence-electron chi connectivity index (χ1n) is 8.50. The van der Waals surface area contributed by atoms with Crippen molar-refractivity contribution in [1.82, 2.24) is 9.78 Å². The summed E-state index contributed by atoms with van der Waals surface area (Å²) in [7, 11) is 1.67. The summed E-state index contributed by atoms with van der Waals surface area (Å²) in [6.07, 6.45) is 7.56. The number of carbonyl (C=O) groups excluding carboxylic acids is 1. The summed E-state index contributed by atoms with van der Waals surface area (Å²) in [4.78, 5) is 11.1. The Kier molecular flexibility index (Phi) is 9.48. The third kappa shape index (κ3) is 8.09. The van der Waals surface area contributed by atoms with E-state index in [1.807, 2.05) is 6.92 Å². The molecule has 1 aromatic rings. The fourth-order valence-corrected chi connectivity index (χ4v) is 2.63. The van der Waals surface area contributed by atoms with Crippen molar-refractivity contribution < 1.29 is 18.3 Å². The number of carbonyl (C=O) groups is 1. The summed E-state index contributed by atoms with van der Waals surface area (Å²) in [5.74, 6) is -0.112. The number of esters is 1. The Balaban J connectivity index is 2.03. The van der Waals surface area contributed by atoms with E-state index in [2.05, 4.69) is 5.10 Å². The van der Waals surface area contributed by atoms with Gasteiger partial charge in [0.1, 0.15) is 5.69 Å². The summed E-state index contributed by atoms with van der Waals surface area (Å²) in [6, 6.07) is 0. The normalized spacial score (nSPS) is 11.2. The second-order valence-corrected chi connectivity index (χ2v) is 5.79. The standard InChI is InChI=1S/C17H28F2N2O2/c1-3-23-15(22)12-10-8-6-4-5-7-9-11-14-13-21(2)20-16(14)17(18)19/h13,17H,3-12H2,1-2H3. The minimum Gasteiger partial charge on any atom is -0.466 e. The predicted molar refractivity (Wildman–Crippen MR) is 85.4 cm³/mol. The highest BCUT2D eigenvalue weighted by atomic mass is 19.3. The maximum absolute atomic E-state index is 12.8. The van der Waals surface area contributed by atoms with Crippen LogP contribution in [0.1, 0.15) is 76.0 Å². The highest BCUT2D eigenvalue weighted by Crippen LogP contribution is 2.22. The number of alkyl halides is 2. The van der Waals surface area contributed by atoms with Crippen LogP contribution in [0.3, 0.4) is 0 Å². The van der Waals surface area contributed by atoms with Crippen LogP contribution >= 0.6 is 0 Å². The summed E-state index contributed by atoms with van der Waals surface area (Å²) in [5, 5.41) is 3.82. The molecule has 0 fully saturated rings. The molecule has 132 valence electrons. The maximum atomic E-state index is 12.8. The van der Waals surface area contributed by atoms with E-state index in [4.69, 9.17) is 4.74 Å². The van der Waals surface area contributed by atoms with E-state index in [-0.39, 0.29) is 11.7 Å².